The minimum atomic E-state index is -3.88. The minimum Gasteiger partial charge on any atom is -0.322 e. The molecule has 1 amide bonds. The summed E-state index contributed by atoms with van der Waals surface area (Å²) in [5.74, 6) is -0.576. The van der Waals surface area contributed by atoms with Gasteiger partial charge in [0.2, 0.25) is 0 Å². The van der Waals surface area contributed by atoms with E-state index in [0.29, 0.717) is 11.3 Å². The van der Waals surface area contributed by atoms with Crippen molar-refractivity contribution in [1.29, 1.82) is 0 Å². The predicted octanol–water partition coefficient (Wildman–Crippen LogP) is 3.98. The summed E-state index contributed by atoms with van der Waals surface area (Å²) in [6, 6.07) is 18.5. The highest BCUT2D eigenvalue weighted by Crippen LogP contribution is 2.24. The molecular weight excluding hydrogens is 406 g/mol. The van der Waals surface area contributed by atoms with Crippen LogP contribution in [0.1, 0.15) is 15.9 Å². The molecule has 0 spiro atoms. The Kier molecular flexibility index (Phi) is 5.84. The van der Waals surface area contributed by atoms with Crippen molar-refractivity contribution < 1.29 is 18.1 Å². The number of nitrogens with one attached hydrogen (secondary N) is 1. The summed E-state index contributed by atoms with van der Waals surface area (Å²) in [5.41, 5.74) is 1.19. The second-order valence-electron chi connectivity index (χ2n) is 6.55. The Balaban J connectivity index is 1.87. The van der Waals surface area contributed by atoms with Gasteiger partial charge in [0, 0.05) is 29.9 Å². The van der Waals surface area contributed by atoms with E-state index < -0.39 is 20.9 Å². The molecule has 3 rings (SSSR count). The fourth-order valence-electron chi connectivity index (χ4n) is 2.82. The highest BCUT2D eigenvalue weighted by atomic mass is 32.2. The molecule has 1 N–H and O–H groups in total. The van der Waals surface area contributed by atoms with Crippen LogP contribution < -0.4 is 9.62 Å². The van der Waals surface area contributed by atoms with Crippen LogP contribution in [0.2, 0.25) is 0 Å². The van der Waals surface area contributed by atoms with Gasteiger partial charge in [0.1, 0.15) is 0 Å². The first kappa shape index (κ1) is 21.0. The van der Waals surface area contributed by atoms with E-state index in [0.717, 1.165) is 4.31 Å². The lowest BCUT2D eigenvalue weighted by atomic mass is 10.1. The van der Waals surface area contributed by atoms with Crippen molar-refractivity contribution in [1.82, 2.24) is 0 Å². The van der Waals surface area contributed by atoms with Crippen LogP contribution in [0.3, 0.4) is 0 Å². The fourth-order valence-corrected chi connectivity index (χ4v) is 4.06. The number of hydrogen-bond acceptors (Lipinski definition) is 5. The van der Waals surface area contributed by atoms with E-state index >= 15 is 0 Å². The van der Waals surface area contributed by atoms with Gasteiger partial charge in [0.15, 0.2) is 0 Å². The van der Waals surface area contributed by atoms with Gasteiger partial charge in [-0.05, 0) is 43.3 Å². The van der Waals surface area contributed by atoms with Crippen molar-refractivity contribution in [3.05, 3.63) is 94.0 Å². The number of para-hydroxylation sites is 1. The van der Waals surface area contributed by atoms with Crippen molar-refractivity contribution in [2.45, 2.75) is 11.8 Å². The van der Waals surface area contributed by atoms with Crippen molar-refractivity contribution in [3.63, 3.8) is 0 Å². The van der Waals surface area contributed by atoms with Gasteiger partial charge >= 0.3 is 0 Å². The molecule has 0 atom stereocenters. The Labute approximate surface area is 174 Å². The fraction of sp³-hybridized carbons (Fsp3) is 0.0952. The number of nitro groups is 1. The van der Waals surface area contributed by atoms with E-state index in [4.69, 9.17) is 0 Å². The number of carbonyl (C=O) groups is 1. The molecule has 0 aliphatic heterocycles. The highest BCUT2D eigenvalue weighted by Gasteiger charge is 2.22. The molecule has 0 heterocycles. The van der Waals surface area contributed by atoms with Gasteiger partial charge in [-0.2, -0.15) is 0 Å². The largest absolute Gasteiger partial charge is 0.322 e. The number of carbonyl (C=O) groups excluding carboxylic acids is 1. The van der Waals surface area contributed by atoms with Gasteiger partial charge < -0.3 is 5.32 Å². The summed E-state index contributed by atoms with van der Waals surface area (Å²) in [6.45, 7) is 1.60. The van der Waals surface area contributed by atoms with E-state index in [1.807, 2.05) is 0 Å². The third-order valence-corrected chi connectivity index (χ3v) is 6.32. The Hall–Kier alpha value is -3.72. The van der Waals surface area contributed by atoms with Crippen LogP contribution in [0.25, 0.3) is 0 Å². The van der Waals surface area contributed by atoms with Gasteiger partial charge in [0.25, 0.3) is 21.6 Å². The number of aryl methyl sites for hydroxylation is 1. The van der Waals surface area contributed by atoms with Gasteiger partial charge in [-0.1, -0.05) is 30.3 Å². The monoisotopic (exact) mass is 425 g/mol. The first-order valence-corrected chi connectivity index (χ1v) is 10.3. The number of sulfonamides is 1. The van der Waals surface area contributed by atoms with Gasteiger partial charge in [0.05, 0.1) is 15.5 Å². The second kappa shape index (κ2) is 8.34. The Bertz CT molecular complexity index is 1210. The number of rotatable bonds is 6. The van der Waals surface area contributed by atoms with Gasteiger partial charge in [-0.15, -0.1) is 0 Å². The molecule has 0 saturated carbocycles. The molecule has 0 aliphatic carbocycles. The summed E-state index contributed by atoms with van der Waals surface area (Å²) in [5, 5.41) is 13.7. The molecule has 0 radical (unpaired) electrons. The van der Waals surface area contributed by atoms with Gasteiger partial charge in [-0.3, -0.25) is 19.2 Å². The average molecular weight is 425 g/mol. The first-order valence-electron chi connectivity index (χ1n) is 8.90. The lowest BCUT2D eigenvalue weighted by Gasteiger charge is -2.19. The zero-order valence-electron chi connectivity index (χ0n) is 16.3. The zero-order chi connectivity index (χ0) is 21.9. The number of nitrogens with zero attached hydrogens (tertiary/aromatic N) is 2. The lowest BCUT2D eigenvalue weighted by Crippen LogP contribution is -2.26. The molecule has 3 aromatic carbocycles. The van der Waals surface area contributed by atoms with E-state index in [2.05, 4.69) is 5.32 Å². The van der Waals surface area contributed by atoms with Crippen LogP contribution in [-0.2, 0) is 10.0 Å². The Morgan fingerprint density at radius 3 is 2.37 bits per heavy atom. The maximum Gasteiger partial charge on any atom is 0.274 e. The number of nitro benzene ring substituents is 1. The van der Waals surface area contributed by atoms with E-state index in [1.54, 1.807) is 43.3 Å². The van der Waals surface area contributed by atoms with Crippen LogP contribution in [0.15, 0.2) is 77.7 Å². The van der Waals surface area contributed by atoms with Crippen LogP contribution in [0, 0.1) is 17.0 Å². The Morgan fingerprint density at radius 1 is 1.00 bits per heavy atom. The van der Waals surface area contributed by atoms with E-state index in [1.165, 1.54) is 43.4 Å². The number of amides is 1. The summed E-state index contributed by atoms with van der Waals surface area (Å²) in [6.07, 6.45) is 0. The molecule has 0 fully saturated rings. The highest BCUT2D eigenvalue weighted by molar-refractivity contribution is 7.92. The van der Waals surface area contributed by atoms with Gasteiger partial charge in [-0.25, -0.2) is 8.42 Å². The molecule has 0 saturated heterocycles. The summed E-state index contributed by atoms with van der Waals surface area (Å²) < 4.78 is 27.0. The summed E-state index contributed by atoms with van der Waals surface area (Å²) in [4.78, 5) is 23.1. The Morgan fingerprint density at radius 2 is 1.70 bits per heavy atom. The zero-order valence-corrected chi connectivity index (χ0v) is 17.1. The third-order valence-electron chi connectivity index (χ3n) is 4.54. The molecule has 0 bridgehead atoms. The third kappa shape index (κ3) is 4.31. The molecule has 9 heteroatoms. The quantitative estimate of drug-likeness (QED) is 0.474. The van der Waals surface area contributed by atoms with Crippen LogP contribution in [0.4, 0.5) is 17.1 Å². The van der Waals surface area contributed by atoms with Crippen LogP contribution in [-0.4, -0.2) is 26.3 Å². The standard InChI is InChI=1S/C21H19N3O5S/c1-15-11-12-17(14-20(15)24(26)27)22-21(25)16-7-6-10-19(13-16)30(28,29)23(2)18-8-4-3-5-9-18/h3-14H,1-2H3,(H,22,25). The number of anilines is 2. The minimum absolute atomic E-state index is 0.0450. The molecule has 0 aromatic heterocycles. The molecular formula is C21H19N3O5S. The number of hydrogen-bond donors (Lipinski definition) is 1. The van der Waals surface area contributed by atoms with Crippen molar-refractivity contribution in [3.8, 4) is 0 Å². The maximum absolute atomic E-state index is 12.9. The molecule has 154 valence electrons. The lowest BCUT2D eigenvalue weighted by molar-refractivity contribution is -0.385. The average Bonchev–Trinajstić information content (AvgIpc) is 2.75. The van der Waals surface area contributed by atoms with E-state index in [9.17, 15) is 23.3 Å². The maximum atomic E-state index is 12.9. The van der Waals surface area contributed by atoms with Crippen molar-refractivity contribution >= 4 is 33.0 Å². The predicted molar refractivity (Wildman–Crippen MR) is 114 cm³/mol. The molecule has 8 nitrogen and oxygen atoms in total. The molecule has 0 aliphatic rings. The molecule has 3 aromatic rings. The summed E-state index contributed by atoms with van der Waals surface area (Å²) in [7, 11) is -2.45. The molecule has 30 heavy (non-hydrogen) atoms. The normalized spacial score (nSPS) is 11.0. The van der Waals surface area contributed by atoms with Crippen molar-refractivity contribution in [2.24, 2.45) is 0 Å². The molecule has 0 unspecified atom stereocenters. The second-order valence-corrected chi connectivity index (χ2v) is 8.52. The van der Waals surface area contributed by atoms with Crippen LogP contribution in [0.5, 0.6) is 0 Å². The van der Waals surface area contributed by atoms with Crippen LogP contribution >= 0.6 is 0 Å². The van der Waals surface area contributed by atoms with E-state index in [-0.39, 0.29) is 21.8 Å². The van der Waals surface area contributed by atoms with Crippen molar-refractivity contribution in [2.75, 3.05) is 16.7 Å². The topological polar surface area (TPSA) is 110 Å². The number of benzene rings is 3. The summed E-state index contributed by atoms with van der Waals surface area (Å²) >= 11 is 0. The first-order chi connectivity index (χ1) is 14.2. The smallest absolute Gasteiger partial charge is 0.274 e. The SMILES string of the molecule is Cc1ccc(NC(=O)c2cccc(S(=O)(=O)N(C)c3ccccc3)c2)cc1[N+](=O)[O-].